The van der Waals surface area contributed by atoms with Crippen LogP contribution in [0.15, 0.2) is 24.3 Å². The van der Waals surface area contributed by atoms with Gasteiger partial charge in [0.15, 0.2) is 5.11 Å². The van der Waals surface area contributed by atoms with Crippen LogP contribution in [0.4, 0.5) is 5.69 Å². The molecule has 0 radical (unpaired) electrons. The lowest BCUT2D eigenvalue weighted by Crippen LogP contribution is -2.34. The average Bonchev–Trinajstić information content (AvgIpc) is 2.54. The molecule has 2 rings (SSSR count). The Kier molecular flexibility index (Phi) is 6.35. The van der Waals surface area contributed by atoms with Crippen molar-refractivity contribution >= 4 is 28.9 Å². The van der Waals surface area contributed by atoms with Gasteiger partial charge in [0.1, 0.15) is 0 Å². The van der Waals surface area contributed by atoms with Crippen molar-refractivity contribution in [3.8, 4) is 6.07 Å². The summed E-state index contributed by atoms with van der Waals surface area (Å²) in [6, 6.07) is 8.99. The van der Waals surface area contributed by atoms with E-state index in [-0.39, 0.29) is 5.91 Å². The standard InChI is InChI=1S/C17H21N3OS/c18-12-14-6-9-15(10-7-14)19-17(22)20-16(21)11-8-13-4-2-1-3-5-13/h6-7,9-10,13H,1-5,8,11H2,(H2,19,20,21,22). The zero-order valence-corrected chi connectivity index (χ0v) is 13.4. The van der Waals surface area contributed by atoms with E-state index in [9.17, 15) is 4.79 Å². The topological polar surface area (TPSA) is 64.9 Å². The quantitative estimate of drug-likeness (QED) is 0.831. The minimum Gasteiger partial charge on any atom is -0.332 e. The van der Waals surface area contributed by atoms with Gasteiger partial charge in [-0.2, -0.15) is 5.26 Å². The lowest BCUT2D eigenvalue weighted by Gasteiger charge is -2.21. The molecular weight excluding hydrogens is 294 g/mol. The first-order valence-electron chi connectivity index (χ1n) is 7.78. The molecule has 1 fully saturated rings. The van der Waals surface area contributed by atoms with Crippen LogP contribution in [0.1, 0.15) is 50.5 Å². The van der Waals surface area contributed by atoms with Crippen molar-refractivity contribution in [3.63, 3.8) is 0 Å². The predicted octanol–water partition coefficient (Wildman–Crippen LogP) is 3.73. The molecule has 0 saturated heterocycles. The molecule has 22 heavy (non-hydrogen) atoms. The Morgan fingerprint density at radius 2 is 1.91 bits per heavy atom. The molecule has 0 aliphatic heterocycles. The summed E-state index contributed by atoms with van der Waals surface area (Å²) in [7, 11) is 0. The second kappa shape index (κ2) is 8.50. The molecule has 1 aliphatic rings. The van der Waals surface area contributed by atoms with Crippen LogP contribution in [-0.2, 0) is 4.79 Å². The maximum atomic E-state index is 11.9. The van der Waals surface area contributed by atoms with Gasteiger partial charge in [0.2, 0.25) is 5.91 Å². The maximum Gasteiger partial charge on any atom is 0.226 e. The molecule has 4 nitrogen and oxygen atoms in total. The Morgan fingerprint density at radius 3 is 2.55 bits per heavy atom. The Balaban J connectivity index is 1.71. The van der Waals surface area contributed by atoms with Crippen LogP contribution in [-0.4, -0.2) is 11.0 Å². The zero-order valence-electron chi connectivity index (χ0n) is 12.6. The van der Waals surface area contributed by atoms with E-state index in [0.29, 0.717) is 23.0 Å². The van der Waals surface area contributed by atoms with E-state index in [0.717, 1.165) is 12.1 Å². The van der Waals surface area contributed by atoms with Crippen molar-refractivity contribution in [2.45, 2.75) is 44.9 Å². The molecule has 0 unspecified atom stereocenters. The monoisotopic (exact) mass is 315 g/mol. The number of nitrogens with zero attached hydrogens (tertiary/aromatic N) is 1. The lowest BCUT2D eigenvalue weighted by molar-refractivity contribution is -0.120. The predicted molar refractivity (Wildman–Crippen MR) is 91.3 cm³/mol. The van der Waals surface area contributed by atoms with Crippen molar-refractivity contribution in [1.29, 1.82) is 5.26 Å². The van der Waals surface area contributed by atoms with E-state index >= 15 is 0 Å². The number of rotatable bonds is 4. The molecule has 2 N–H and O–H groups in total. The third-order valence-corrected chi connectivity index (χ3v) is 4.23. The second-order valence-electron chi connectivity index (χ2n) is 5.73. The number of benzene rings is 1. The smallest absolute Gasteiger partial charge is 0.226 e. The zero-order chi connectivity index (χ0) is 15.8. The fourth-order valence-electron chi connectivity index (χ4n) is 2.79. The number of thiocarbonyl (C=S) groups is 1. The van der Waals surface area contributed by atoms with E-state index in [1.807, 2.05) is 0 Å². The van der Waals surface area contributed by atoms with Crippen LogP contribution in [0.5, 0.6) is 0 Å². The van der Waals surface area contributed by atoms with Gasteiger partial charge in [-0.15, -0.1) is 0 Å². The molecule has 1 aromatic carbocycles. The number of anilines is 1. The number of nitriles is 1. The normalized spacial score (nSPS) is 14.9. The first kappa shape index (κ1) is 16.4. The number of carbonyl (C=O) groups is 1. The highest BCUT2D eigenvalue weighted by atomic mass is 32.1. The first-order chi connectivity index (χ1) is 10.7. The number of carbonyl (C=O) groups excluding carboxylic acids is 1. The molecule has 5 heteroatoms. The van der Waals surface area contributed by atoms with Gasteiger partial charge in [-0.05, 0) is 48.8 Å². The van der Waals surface area contributed by atoms with E-state index in [1.54, 1.807) is 24.3 Å². The van der Waals surface area contributed by atoms with Crippen molar-refractivity contribution < 1.29 is 4.79 Å². The number of amides is 1. The summed E-state index contributed by atoms with van der Waals surface area (Å²) < 4.78 is 0. The fourth-order valence-corrected chi connectivity index (χ4v) is 3.02. The van der Waals surface area contributed by atoms with E-state index in [1.165, 1.54) is 32.1 Å². The van der Waals surface area contributed by atoms with Gasteiger partial charge in [0, 0.05) is 12.1 Å². The molecule has 116 valence electrons. The third kappa shape index (κ3) is 5.45. The van der Waals surface area contributed by atoms with Crippen molar-refractivity contribution in [2.75, 3.05) is 5.32 Å². The molecule has 0 heterocycles. The molecule has 0 bridgehead atoms. The van der Waals surface area contributed by atoms with Gasteiger partial charge in [0.25, 0.3) is 0 Å². The highest BCUT2D eigenvalue weighted by molar-refractivity contribution is 7.80. The van der Waals surface area contributed by atoms with Crippen molar-refractivity contribution in [3.05, 3.63) is 29.8 Å². The second-order valence-corrected chi connectivity index (χ2v) is 6.14. The van der Waals surface area contributed by atoms with E-state index in [4.69, 9.17) is 17.5 Å². The summed E-state index contributed by atoms with van der Waals surface area (Å²) in [5.41, 5.74) is 1.35. The van der Waals surface area contributed by atoms with Crippen LogP contribution in [0.25, 0.3) is 0 Å². The minimum absolute atomic E-state index is 0.0308. The van der Waals surface area contributed by atoms with Crippen LogP contribution < -0.4 is 10.6 Å². The summed E-state index contributed by atoms with van der Waals surface area (Å²) in [4.78, 5) is 11.9. The van der Waals surface area contributed by atoms with Gasteiger partial charge in [-0.3, -0.25) is 4.79 Å². The summed E-state index contributed by atoms with van der Waals surface area (Å²) in [6.45, 7) is 0. The maximum absolute atomic E-state index is 11.9. The van der Waals surface area contributed by atoms with Gasteiger partial charge < -0.3 is 10.6 Å². The van der Waals surface area contributed by atoms with Gasteiger partial charge in [-0.25, -0.2) is 0 Å². The summed E-state index contributed by atoms with van der Waals surface area (Å²) >= 11 is 5.14. The Morgan fingerprint density at radius 1 is 1.23 bits per heavy atom. The number of nitrogens with one attached hydrogen (secondary N) is 2. The lowest BCUT2D eigenvalue weighted by atomic mass is 9.86. The molecule has 0 aromatic heterocycles. The Hall–Kier alpha value is -1.93. The highest BCUT2D eigenvalue weighted by Crippen LogP contribution is 2.27. The largest absolute Gasteiger partial charge is 0.332 e. The Labute approximate surface area is 136 Å². The van der Waals surface area contributed by atoms with Crippen LogP contribution >= 0.6 is 12.2 Å². The Bertz CT molecular complexity index is 556. The molecule has 1 aromatic rings. The molecule has 0 atom stereocenters. The summed E-state index contributed by atoms with van der Waals surface area (Å²) in [5.74, 6) is 0.663. The van der Waals surface area contributed by atoms with E-state index in [2.05, 4.69) is 16.7 Å². The highest BCUT2D eigenvalue weighted by Gasteiger charge is 2.15. The van der Waals surface area contributed by atoms with Crippen molar-refractivity contribution in [2.24, 2.45) is 5.92 Å². The van der Waals surface area contributed by atoms with Crippen LogP contribution in [0, 0.1) is 17.2 Å². The SMILES string of the molecule is N#Cc1ccc(NC(=S)NC(=O)CCC2CCCCC2)cc1. The fraction of sp³-hybridized carbons (Fsp3) is 0.471. The van der Waals surface area contributed by atoms with Gasteiger partial charge in [-0.1, -0.05) is 32.1 Å². The molecule has 1 saturated carbocycles. The van der Waals surface area contributed by atoms with E-state index < -0.39 is 0 Å². The van der Waals surface area contributed by atoms with Gasteiger partial charge in [0.05, 0.1) is 11.6 Å². The first-order valence-corrected chi connectivity index (χ1v) is 8.19. The van der Waals surface area contributed by atoms with Crippen LogP contribution in [0.3, 0.4) is 0 Å². The molecule has 1 aliphatic carbocycles. The number of hydrogen-bond donors (Lipinski definition) is 2. The van der Waals surface area contributed by atoms with Crippen LogP contribution in [0.2, 0.25) is 0 Å². The summed E-state index contributed by atoms with van der Waals surface area (Å²) in [6.07, 6.45) is 7.91. The minimum atomic E-state index is -0.0308. The van der Waals surface area contributed by atoms with Gasteiger partial charge >= 0.3 is 0 Å². The molecular formula is C17H21N3OS. The molecule has 1 amide bonds. The number of hydrogen-bond acceptors (Lipinski definition) is 3. The van der Waals surface area contributed by atoms with Crippen molar-refractivity contribution in [1.82, 2.24) is 5.32 Å². The molecule has 0 spiro atoms. The average molecular weight is 315 g/mol. The third-order valence-electron chi connectivity index (χ3n) is 4.03. The summed E-state index contributed by atoms with van der Waals surface area (Å²) in [5, 5.41) is 14.7.